The normalized spacial score (nSPS) is 18.4. The molecule has 1 aliphatic heterocycles. The van der Waals surface area contributed by atoms with Crippen LogP contribution in [0.4, 0.5) is 0 Å². The van der Waals surface area contributed by atoms with E-state index < -0.39 is 0 Å². The zero-order valence-corrected chi connectivity index (χ0v) is 17.9. The predicted molar refractivity (Wildman–Crippen MR) is 123 cm³/mol. The van der Waals surface area contributed by atoms with Crippen LogP contribution in [0.1, 0.15) is 43.0 Å². The summed E-state index contributed by atoms with van der Waals surface area (Å²) in [6.07, 6.45) is 5.81. The number of aromatic nitrogens is 1. The molecule has 0 aliphatic carbocycles. The summed E-state index contributed by atoms with van der Waals surface area (Å²) in [5.74, 6) is 0.590. The second-order valence-electron chi connectivity index (χ2n) is 8.65. The first kappa shape index (κ1) is 20.4. The molecule has 0 unspecified atom stereocenters. The third-order valence-corrected chi connectivity index (χ3v) is 5.88. The second kappa shape index (κ2) is 8.88. The van der Waals surface area contributed by atoms with E-state index in [4.69, 9.17) is 0 Å². The number of rotatable bonds is 7. The van der Waals surface area contributed by atoms with E-state index in [9.17, 15) is 4.79 Å². The maximum atomic E-state index is 13.2. The summed E-state index contributed by atoms with van der Waals surface area (Å²) in [4.78, 5) is 13.2. The molecule has 1 aliphatic rings. The van der Waals surface area contributed by atoms with Gasteiger partial charge in [0.2, 0.25) is 5.91 Å². The maximum Gasteiger partial charge on any atom is 0.237 e. The average molecular weight is 402 g/mol. The third kappa shape index (κ3) is 4.19. The van der Waals surface area contributed by atoms with E-state index in [1.54, 1.807) is 0 Å². The smallest absolute Gasteiger partial charge is 0.237 e. The Labute approximate surface area is 179 Å². The number of carbonyl (C=O) groups is 1. The molecule has 1 amide bonds. The molecule has 156 valence electrons. The SMILES string of the molecule is C=CCn1cc2c3c(cccc31)[C@H](CC(C)C)N[C@H](C(=O)NCc1ccccc1)C2. The Balaban J connectivity index is 1.65. The minimum Gasteiger partial charge on any atom is -0.351 e. The number of nitrogens with one attached hydrogen (secondary N) is 2. The highest BCUT2D eigenvalue weighted by atomic mass is 16.2. The van der Waals surface area contributed by atoms with Crippen molar-refractivity contribution in [1.82, 2.24) is 15.2 Å². The molecule has 0 fully saturated rings. The minimum atomic E-state index is -0.257. The fraction of sp³-hybridized carbons (Fsp3) is 0.346. The number of benzene rings is 2. The minimum absolute atomic E-state index is 0.0602. The molecule has 0 saturated carbocycles. The lowest BCUT2D eigenvalue weighted by molar-refractivity contribution is -0.123. The molecular weight excluding hydrogens is 370 g/mol. The van der Waals surface area contributed by atoms with E-state index in [2.05, 4.69) is 60.0 Å². The van der Waals surface area contributed by atoms with E-state index in [1.807, 2.05) is 36.4 Å². The van der Waals surface area contributed by atoms with E-state index >= 15 is 0 Å². The predicted octanol–water partition coefficient (Wildman–Crippen LogP) is 4.75. The van der Waals surface area contributed by atoms with Crippen molar-refractivity contribution in [3.63, 3.8) is 0 Å². The fourth-order valence-corrected chi connectivity index (χ4v) is 4.56. The number of hydrogen-bond acceptors (Lipinski definition) is 2. The van der Waals surface area contributed by atoms with E-state index in [-0.39, 0.29) is 18.0 Å². The molecule has 4 rings (SSSR count). The lowest BCUT2D eigenvalue weighted by Gasteiger charge is -2.25. The molecule has 30 heavy (non-hydrogen) atoms. The Hall–Kier alpha value is -2.85. The highest BCUT2D eigenvalue weighted by molar-refractivity contribution is 5.90. The van der Waals surface area contributed by atoms with Crippen molar-refractivity contribution < 1.29 is 4.79 Å². The summed E-state index contributed by atoms with van der Waals surface area (Å²) in [7, 11) is 0. The first-order valence-corrected chi connectivity index (χ1v) is 10.9. The molecule has 2 aromatic carbocycles. The summed E-state index contributed by atoms with van der Waals surface area (Å²) in [5, 5.41) is 8.12. The fourth-order valence-electron chi connectivity index (χ4n) is 4.56. The molecule has 4 nitrogen and oxygen atoms in total. The Bertz CT molecular complexity index is 1040. The van der Waals surface area contributed by atoms with Gasteiger partial charge < -0.3 is 9.88 Å². The lowest BCUT2D eigenvalue weighted by atomic mass is 9.94. The van der Waals surface area contributed by atoms with Crippen molar-refractivity contribution in [3.8, 4) is 0 Å². The number of carbonyl (C=O) groups excluding carboxylic acids is 1. The van der Waals surface area contributed by atoms with Crippen molar-refractivity contribution in [2.45, 2.75) is 51.9 Å². The molecule has 0 bridgehead atoms. The van der Waals surface area contributed by atoms with Crippen LogP contribution in [0.5, 0.6) is 0 Å². The van der Waals surface area contributed by atoms with Crippen LogP contribution in [-0.4, -0.2) is 16.5 Å². The summed E-state index contributed by atoms with van der Waals surface area (Å²) in [5.41, 5.74) is 4.88. The molecule has 2 heterocycles. The lowest BCUT2D eigenvalue weighted by Crippen LogP contribution is -2.46. The zero-order valence-electron chi connectivity index (χ0n) is 17.9. The van der Waals surface area contributed by atoms with Crippen molar-refractivity contribution >= 4 is 16.8 Å². The Morgan fingerprint density at radius 2 is 2.03 bits per heavy atom. The molecule has 2 atom stereocenters. The topological polar surface area (TPSA) is 46.1 Å². The molecule has 2 N–H and O–H groups in total. The van der Waals surface area contributed by atoms with E-state index in [0.29, 0.717) is 18.9 Å². The van der Waals surface area contributed by atoms with Gasteiger partial charge >= 0.3 is 0 Å². The highest BCUT2D eigenvalue weighted by Gasteiger charge is 2.30. The summed E-state index contributed by atoms with van der Waals surface area (Å²) in [6, 6.07) is 16.5. The molecule has 3 aromatic rings. The van der Waals surface area contributed by atoms with Crippen molar-refractivity contribution in [1.29, 1.82) is 0 Å². The van der Waals surface area contributed by atoms with Gasteiger partial charge in [0, 0.05) is 36.2 Å². The quantitative estimate of drug-likeness (QED) is 0.562. The van der Waals surface area contributed by atoms with Gasteiger partial charge in [-0.15, -0.1) is 6.58 Å². The maximum absolute atomic E-state index is 13.2. The van der Waals surface area contributed by atoms with Gasteiger partial charge in [-0.05, 0) is 41.5 Å². The van der Waals surface area contributed by atoms with Crippen LogP contribution < -0.4 is 10.6 Å². The Kier molecular flexibility index (Phi) is 6.05. The first-order chi connectivity index (χ1) is 14.6. The van der Waals surface area contributed by atoms with Crippen LogP contribution >= 0.6 is 0 Å². The van der Waals surface area contributed by atoms with Gasteiger partial charge in [-0.3, -0.25) is 10.1 Å². The van der Waals surface area contributed by atoms with Crippen LogP contribution in [0.3, 0.4) is 0 Å². The van der Waals surface area contributed by atoms with Crippen molar-refractivity contribution in [2.75, 3.05) is 0 Å². The van der Waals surface area contributed by atoms with Crippen LogP contribution in [0.25, 0.3) is 10.9 Å². The highest BCUT2D eigenvalue weighted by Crippen LogP contribution is 2.35. The number of hydrogen-bond donors (Lipinski definition) is 2. The number of allylic oxidation sites excluding steroid dienone is 1. The molecule has 1 aromatic heterocycles. The number of amides is 1. The summed E-state index contributed by atoms with van der Waals surface area (Å²) < 4.78 is 2.25. The van der Waals surface area contributed by atoms with Crippen LogP contribution in [-0.2, 0) is 24.3 Å². The van der Waals surface area contributed by atoms with Crippen LogP contribution in [0.2, 0.25) is 0 Å². The molecule has 0 radical (unpaired) electrons. The second-order valence-corrected chi connectivity index (χ2v) is 8.65. The summed E-state index contributed by atoms with van der Waals surface area (Å²) in [6.45, 7) is 9.70. The molecule has 0 saturated heterocycles. The molecule has 0 spiro atoms. The van der Waals surface area contributed by atoms with Gasteiger partial charge in [0.1, 0.15) is 0 Å². The third-order valence-electron chi connectivity index (χ3n) is 5.88. The van der Waals surface area contributed by atoms with Gasteiger partial charge in [-0.2, -0.15) is 0 Å². The van der Waals surface area contributed by atoms with Gasteiger partial charge in [0.15, 0.2) is 0 Å². The van der Waals surface area contributed by atoms with Gasteiger partial charge in [0.25, 0.3) is 0 Å². The summed E-state index contributed by atoms with van der Waals surface area (Å²) >= 11 is 0. The van der Waals surface area contributed by atoms with Crippen molar-refractivity contribution in [3.05, 3.63) is 84.1 Å². The van der Waals surface area contributed by atoms with Crippen LogP contribution in [0, 0.1) is 5.92 Å². The average Bonchev–Trinajstić information content (AvgIpc) is 3.00. The first-order valence-electron chi connectivity index (χ1n) is 10.9. The van der Waals surface area contributed by atoms with Gasteiger partial charge in [-0.1, -0.05) is 62.4 Å². The zero-order chi connectivity index (χ0) is 21.1. The van der Waals surface area contributed by atoms with Gasteiger partial charge in [0.05, 0.1) is 6.04 Å². The van der Waals surface area contributed by atoms with Crippen LogP contribution in [0.15, 0.2) is 67.4 Å². The Morgan fingerprint density at radius 1 is 1.23 bits per heavy atom. The number of nitrogens with zero attached hydrogens (tertiary/aromatic N) is 1. The van der Waals surface area contributed by atoms with Crippen molar-refractivity contribution in [2.24, 2.45) is 5.92 Å². The van der Waals surface area contributed by atoms with E-state index in [1.165, 1.54) is 22.0 Å². The van der Waals surface area contributed by atoms with E-state index in [0.717, 1.165) is 18.5 Å². The molecular formula is C26H31N3O. The Morgan fingerprint density at radius 3 is 2.77 bits per heavy atom. The molecule has 4 heteroatoms. The monoisotopic (exact) mass is 401 g/mol. The largest absolute Gasteiger partial charge is 0.351 e. The standard InChI is InChI=1S/C26H31N3O/c1-4-13-29-17-20-15-23(26(30)27-16-19-9-6-5-7-10-19)28-22(14-18(2)3)21-11-8-12-24(29)25(20)21/h4-12,17-18,22-23,28H,1,13-16H2,2-3H3,(H,27,30)/t22-,23-/m0/s1. The van der Waals surface area contributed by atoms with Gasteiger partial charge in [-0.25, -0.2) is 0 Å².